The number of thiazole rings is 1. The molecule has 0 bridgehead atoms. The molecule has 7 aromatic rings. The Bertz CT molecular complexity index is 2810. The van der Waals surface area contributed by atoms with Crippen molar-refractivity contribution >= 4 is 62.8 Å². The monoisotopic (exact) mass is 905 g/mol. The lowest BCUT2D eigenvalue weighted by atomic mass is 9.77. The van der Waals surface area contributed by atoms with Gasteiger partial charge < -0.3 is 24.9 Å². The molecule has 0 radical (unpaired) electrons. The molecule has 0 spiro atoms. The van der Waals surface area contributed by atoms with E-state index in [0.29, 0.717) is 28.8 Å². The van der Waals surface area contributed by atoms with Crippen molar-refractivity contribution < 1.29 is 33.4 Å². The van der Waals surface area contributed by atoms with Crippen molar-refractivity contribution in [2.75, 3.05) is 25.3 Å². The number of fused-ring (bicyclic) bond motifs is 2. The molecule has 2 atom stereocenters. The molecule has 2 N–H and O–H groups in total. The Morgan fingerprint density at radius 1 is 0.862 bits per heavy atom. The second-order valence-corrected chi connectivity index (χ2v) is 17.2. The summed E-state index contributed by atoms with van der Waals surface area (Å²) in [7, 11) is 2.93. The van der Waals surface area contributed by atoms with Gasteiger partial charge in [0.25, 0.3) is 11.8 Å². The van der Waals surface area contributed by atoms with Crippen LogP contribution in [0.1, 0.15) is 34.9 Å². The zero-order valence-electron chi connectivity index (χ0n) is 35.8. The number of thioether (sulfide) groups is 1. The zero-order chi connectivity index (χ0) is 44.9. The second kappa shape index (κ2) is 18.8. The number of nitrogens with one attached hydrogen (secondary N) is 2. The lowest BCUT2D eigenvalue weighted by Gasteiger charge is -2.49. The molecule has 2 aliphatic heterocycles. The Morgan fingerprint density at radius 3 is 2.11 bits per heavy atom. The number of carbonyl (C=O) groups excluding carboxylic acids is 3. The zero-order valence-corrected chi connectivity index (χ0v) is 37.4. The topological polar surface area (TPSA) is 153 Å². The quantitative estimate of drug-likeness (QED) is 0.0269. The number of methoxy groups -OCH3 is 1. The first-order valence-electron chi connectivity index (χ1n) is 21.0. The molecule has 0 aliphatic carbocycles. The van der Waals surface area contributed by atoms with Gasteiger partial charge in [0.05, 0.1) is 12.3 Å². The van der Waals surface area contributed by atoms with Crippen LogP contribution in [0.3, 0.4) is 0 Å². The fourth-order valence-electron chi connectivity index (χ4n) is 8.28. The van der Waals surface area contributed by atoms with E-state index in [-0.39, 0.29) is 30.3 Å². The van der Waals surface area contributed by atoms with E-state index in [4.69, 9.17) is 24.5 Å². The van der Waals surface area contributed by atoms with Crippen LogP contribution < -0.4 is 20.1 Å². The van der Waals surface area contributed by atoms with Crippen molar-refractivity contribution in [1.29, 1.82) is 0 Å². The molecule has 4 heterocycles. The summed E-state index contributed by atoms with van der Waals surface area (Å²) in [6.07, 6.45) is 0. The van der Waals surface area contributed by atoms with E-state index in [1.54, 1.807) is 24.6 Å². The highest BCUT2D eigenvalue weighted by molar-refractivity contribution is 8.00. The van der Waals surface area contributed by atoms with Gasteiger partial charge in [0.1, 0.15) is 60.9 Å². The number of esters is 1. The number of carbonyl (C=O) groups is 3. The molecule has 1 saturated heterocycles. The molecule has 2 amide bonds. The van der Waals surface area contributed by atoms with E-state index < -0.39 is 34.7 Å². The average Bonchev–Trinajstić information content (AvgIpc) is 3.98. The highest BCUT2D eigenvalue weighted by Crippen LogP contribution is 2.42. The summed E-state index contributed by atoms with van der Waals surface area (Å²) in [4.78, 5) is 54.1. The fraction of sp³-hybridized carbons (Fsp3) is 0.204. The second-order valence-electron chi connectivity index (χ2n) is 15.2. The number of oxime groups is 1. The number of amides is 2. The summed E-state index contributed by atoms with van der Waals surface area (Å²) in [5.74, 6) is -0.725. The number of para-hydroxylation sites is 2. The smallest absolute Gasteiger partial charge is 0.355 e. The van der Waals surface area contributed by atoms with Crippen LogP contribution >= 0.6 is 23.1 Å². The molecule has 0 unspecified atom stereocenters. The molecule has 65 heavy (non-hydrogen) atoms. The number of aryl methyl sites for hydroxylation is 1. The molecule has 14 nitrogen and oxygen atoms in total. The van der Waals surface area contributed by atoms with E-state index in [9.17, 15) is 14.4 Å². The first kappa shape index (κ1) is 43.0. The molecule has 9 rings (SSSR count). The summed E-state index contributed by atoms with van der Waals surface area (Å²) < 4.78 is 14.9. The van der Waals surface area contributed by atoms with Crippen LogP contribution in [0.2, 0.25) is 0 Å². The van der Waals surface area contributed by atoms with Crippen LogP contribution in [0.15, 0.2) is 161 Å². The van der Waals surface area contributed by atoms with Crippen molar-refractivity contribution in [3.8, 4) is 5.75 Å². The van der Waals surface area contributed by atoms with Gasteiger partial charge in [-0.1, -0.05) is 120 Å². The predicted octanol–water partition coefficient (Wildman–Crippen LogP) is 6.66. The summed E-state index contributed by atoms with van der Waals surface area (Å²) in [5, 5.41) is 17.2. The molecule has 2 aromatic heterocycles. The largest absolute Gasteiger partial charge is 0.497 e. The number of hydrogen-bond acceptors (Lipinski definition) is 12. The van der Waals surface area contributed by atoms with Gasteiger partial charge in [-0.3, -0.25) is 14.5 Å². The third kappa shape index (κ3) is 8.33. The van der Waals surface area contributed by atoms with Gasteiger partial charge in [0, 0.05) is 16.7 Å². The van der Waals surface area contributed by atoms with Crippen LogP contribution in [0.25, 0.3) is 11.0 Å². The van der Waals surface area contributed by atoms with Crippen molar-refractivity contribution in [3.63, 3.8) is 0 Å². The molecule has 0 saturated carbocycles. The Morgan fingerprint density at radius 2 is 1.49 bits per heavy atom. The van der Waals surface area contributed by atoms with E-state index in [2.05, 4.69) is 52.2 Å². The number of benzene rings is 5. The van der Waals surface area contributed by atoms with Gasteiger partial charge in [-0.2, -0.15) is 0 Å². The first-order valence-corrected chi connectivity index (χ1v) is 22.9. The number of aromatic nitrogens is 4. The van der Waals surface area contributed by atoms with E-state index in [1.165, 1.54) is 35.1 Å². The Kier molecular flexibility index (Phi) is 12.4. The van der Waals surface area contributed by atoms with Gasteiger partial charge in [0.2, 0.25) is 0 Å². The van der Waals surface area contributed by atoms with Gasteiger partial charge in [-0.05, 0) is 53.4 Å². The van der Waals surface area contributed by atoms with Crippen molar-refractivity contribution in [1.82, 2.24) is 25.1 Å². The minimum Gasteiger partial charge on any atom is -0.497 e. The van der Waals surface area contributed by atoms with Crippen LogP contribution in [-0.2, 0) is 49.2 Å². The maximum atomic E-state index is 14.3. The molecule has 5 aromatic carbocycles. The Hall–Kier alpha value is -7.30. The van der Waals surface area contributed by atoms with Gasteiger partial charge in [0.15, 0.2) is 21.9 Å². The third-order valence-electron chi connectivity index (χ3n) is 11.4. The van der Waals surface area contributed by atoms with Crippen molar-refractivity contribution in [2.45, 2.75) is 43.6 Å². The fourth-order valence-corrected chi connectivity index (χ4v) is 10.4. The van der Waals surface area contributed by atoms with Crippen LogP contribution in [0.4, 0.5) is 5.13 Å². The third-order valence-corrected chi connectivity index (χ3v) is 13.5. The lowest BCUT2D eigenvalue weighted by Crippen LogP contribution is -2.71. The molecule has 328 valence electrons. The number of hydrogen-bond donors (Lipinski definition) is 2. The van der Waals surface area contributed by atoms with E-state index in [1.807, 2.05) is 107 Å². The number of anilines is 1. The number of nitrogens with zero attached hydrogens (tertiary/aromatic N) is 6. The van der Waals surface area contributed by atoms with Crippen molar-refractivity contribution in [3.05, 3.63) is 184 Å². The van der Waals surface area contributed by atoms with Gasteiger partial charge in [-0.25, -0.2) is 9.78 Å². The SMILES string of the molecule is CCn1n[n+](CC2=C(C(=O)OCc3ccc(OC)cc3)N3C(=O)[C@@H](NC(=O)/C(=N\OC)c4csc(NC(c5ccccc5)(c5ccccc5)c5ccccc5)n4)[C@H]3SC2)c2ccccc21. The highest BCUT2D eigenvalue weighted by Gasteiger charge is 2.55. The normalized spacial score (nSPS) is 16.1. The minimum absolute atomic E-state index is 0.0232. The molecular formula is C49H45N8O6S2+. The standard InChI is InChI=1S/C49H44N8O6S2/c1-4-55-39-22-14-15-23-40(39)56(54-55)28-33-30-64-46-42(45(59)57(46)43(33)47(60)63-29-32-24-26-37(61-2)27-25-32)51-44(58)41(53-62-3)38-31-65-48(50-38)52-49(34-16-8-5-9-17-34,35-18-10-6-11-19-35)36-20-12-7-13-21-36/h5-27,31,42,46H,4,28-30H2,1-3H3,(H-,50,51,52,58)/p+1/b53-41-/t42-,46-/m1/s1. The average molecular weight is 906 g/mol. The predicted molar refractivity (Wildman–Crippen MR) is 249 cm³/mol. The molecule has 1 fully saturated rings. The van der Waals surface area contributed by atoms with Gasteiger partial charge >= 0.3 is 5.97 Å². The summed E-state index contributed by atoms with van der Waals surface area (Å²) in [6, 6.07) is 44.4. The van der Waals surface area contributed by atoms with Crippen LogP contribution in [-0.4, -0.2) is 74.7 Å². The first-order chi connectivity index (χ1) is 31.8. The Balaban J connectivity index is 0.981. The summed E-state index contributed by atoms with van der Waals surface area (Å²) in [6.45, 7) is 2.88. The minimum atomic E-state index is -0.980. The number of ether oxygens (including phenoxy) is 2. The Labute approximate surface area is 383 Å². The van der Waals surface area contributed by atoms with E-state index in [0.717, 1.165) is 33.3 Å². The maximum Gasteiger partial charge on any atom is 0.355 e. The van der Waals surface area contributed by atoms with Crippen LogP contribution in [0.5, 0.6) is 5.75 Å². The highest BCUT2D eigenvalue weighted by atomic mass is 32.2. The number of rotatable bonds is 16. The van der Waals surface area contributed by atoms with Crippen LogP contribution in [0, 0.1) is 0 Å². The number of β-lactam (4-membered cyclic amide) rings is 1. The molecular weight excluding hydrogens is 861 g/mol. The summed E-state index contributed by atoms with van der Waals surface area (Å²) in [5.41, 5.74) is 5.63. The summed E-state index contributed by atoms with van der Waals surface area (Å²) >= 11 is 2.76. The molecule has 2 aliphatic rings. The van der Waals surface area contributed by atoms with E-state index >= 15 is 0 Å². The van der Waals surface area contributed by atoms with Gasteiger partial charge in [-0.15, -0.1) is 32.5 Å². The lowest BCUT2D eigenvalue weighted by molar-refractivity contribution is -0.725. The molecule has 16 heteroatoms. The maximum absolute atomic E-state index is 14.3. The van der Waals surface area contributed by atoms with Crippen molar-refractivity contribution in [2.24, 2.45) is 5.16 Å².